The molecule has 1 aromatic rings. The molecular formula is C44H57NO17. The molecule has 2 N–H and O–H groups in total. The predicted octanol–water partition coefficient (Wildman–Crippen LogP) is 3.92. The standard InChI is InChI=1S/C44H57NO17/c1-21(2)18-54-19-26(45-38(52)61-40(6,7)8)37(51)57-30-22(3)29-31(56-23(4)46)33(49)42(11)27(48)17-28-43(20-55-28,60-24(5)47)32(42)35(58-36(50)25-15-13-12-14-16-25)44(41(29,9)10)34(30)59-39(53)62-44/h12-16,21,26-28,30-32,34-35,48H,17-20H2,1-11H3,(H,45,52)/t26-,27-,28+,30+,31+,32-,34-,35-,42+,43-,44+/m0/s1. The molecule has 2 saturated heterocycles. The molecule has 340 valence electrons. The average Bonchev–Trinajstić information content (AvgIpc) is 3.52. The van der Waals surface area contributed by atoms with Crippen molar-refractivity contribution in [2.45, 2.75) is 142 Å². The van der Waals surface area contributed by atoms with Gasteiger partial charge < -0.3 is 53.1 Å². The minimum atomic E-state index is -2.33. The molecule has 62 heavy (non-hydrogen) atoms. The molecule has 2 aliphatic heterocycles. The van der Waals surface area contributed by atoms with Gasteiger partial charge in [-0.1, -0.05) is 45.9 Å². The molecule has 18 nitrogen and oxygen atoms in total. The van der Waals surface area contributed by atoms with Crippen molar-refractivity contribution >= 4 is 41.9 Å². The maximum absolute atomic E-state index is 15.6. The van der Waals surface area contributed by atoms with Crippen LogP contribution < -0.4 is 5.32 Å². The molecule has 1 spiro atoms. The quantitative estimate of drug-likeness (QED) is 0.182. The first-order chi connectivity index (χ1) is 28.8. The van der Waals surface area contributed by atoms with E-state index in [4.69, 9.17) is 42.6 Å². The highest BCUT2D eigenvalue weighted by Gasteiger charge is 2.83. The van der Waals surface area contributed by atoms with Crippen LogP contribution in [0.4, 0.5) is 9.59 Å². The van der Waals surface area contributed by atoms with Gasteiger partial charge in [0.1, 0.15) is 11.7 Å². The van der Waals surface area contributed by atoms with Crippen molar-refractivity contribution in [3.05, 3.63) is 47.0 Å². The summed E-state index contributed by atoms with van der Waals surface area (Å²) in [6, 6.07) is 6.27. The number of benzene rings is 1. The molecule has 2 bridgehead atoms. The minimum Gasteiger partial charge on any atom is -0.454 e. The highest BCUT2D eigenvalue weighted by molar-refractivity contribution is 5.96. The summed E-state index contributed by atoms with van der Waals surface area (Å²) in [5, 5.41) is 14.7. The van der Waals surface area contributed by atoms with Crippen LogP contribution in [0, 0.1) is 22.7 Å². The van der Waals surface area contributed by atoms with Gasteiger partial charge in [-0.2, -0.15) is 0 Å². The number of ether oxygens (including phenoxy) is 9. The molecule has 0 radical (unpaired) electrons. The zero-order valence-electron chi connectivity index (χ0n) is 36.9. The Bertz CT molecular complexity index is 2020. The molecule has 18 heteroatoms. The Hall–Kier alpha value is -5.07. The molecule has 2 heterocycles. The summed E-state index contributed by atoms with van der Waals surface area (Å²) in [5.74, 6) is -6.22. The Kier molecular flexibility index (Phi) is 12.4. The molecule has 0 aromatic heterocycles. The van der Waals surface area contributed by atoms with Crippen LogP contribution in [0.1, 0.15) is 92.9 Å². The van der Waals surface area contributed by atoms with E-state index in [0.717, 1.165) is 13.8 Å². The van der Waals surface area contributed by atoms with Gasteiger partial charge in [-0.3, -0.25) is 14.4 Å². The smallest absolute Gasteiger partial charge is 0.454 e. The zero-order chi connectivity index (χ0) is 45.9. The normalized spacial score (nSPS) is 33.7. The number of hydrogen-bond donors (Lipinski definition) is 2. The first-order valence-electron chi connectivity index (χ1n) is 20.7. The summed E-state index contributed by atoms with van der Waals surface area (Å²) >= 11 is 0. The highest BCUT2D eigenvalue weighted by Crippen LogP contribution is 2.66. The largest absolute Gasteiger partial charge is 0.509 e. The average molecular weight is 872 g/mol. The van der Waals surface area contributed by atoms with Gasteiger partial charge in [0, 0.05) is 32.3 Å². The molecule has 5 aliphatic rings. The van der Waals surface area contributed by atoms with E-state index in [1.807, 2.05) is 13.8 Å². The van der Waals surface area contributed by atoms with Crippen molar-refractivity contribution in [2.75, 3.05) is 19.8 Å². The molecule has 11 atom stereocenters. The number of carbonyl (C=O) groups excluding carboxylic acids is 7. The molecule has 0 unspecified atom stereocenters. The van der Waals surface area contributed by atoms with Gasteiger partial charge in [-0.25, -0.2) is 19.2 Å². The first-order valence-corrected chi connectivity index (χ1v) is 20.7. The minimum absolute atomic E-state index is 0.0149. The van der Waals surface area contributed by atoms with E-state index in [9.17, 15) is 33.9 Å². The molecule has 1 amide bonds. The van der Waals surface area contributed by atoms with Crippen molar-refractivity contribution in [3.63, 3.8) is 0 Å². The van der Waals surface area contributed by atoms with Crippen LogP contribution in [0.3, 0.4) is 0 Å². The Balaban J connectivity index is 1.62. The lowest BCUT2D eigenvalue weighted by atomic mass is 9.44. The van der Waals surface area contributed by atoms with Crippen LogP contribution in [0.15, 0.2) is 41.5 Å². The maximum Gasteiger partial charge on any atom is 0.509 e. The summed E-state index contributed by atoms with van der Waals surface area (Å²) in [5.41, 5.74) is -8.83. The van der Waals surface area contributed by atoms with E-state index in [2.05, 4.69) is 5.32 Å². The van der Waals surface area contributed by atoms with Gasteiger partial charge in [0.15, 0.2) is 41.8 Å². The number of aliphatic hydroxyl groups is 1. The van der Waals surface area contributed by atoms with E-state index in [-0.39, 0.29) is 48.9 Å². The van der Waals surface area contributed by atoms with Crippen molar-refractivity contribution in [2.24, 2.45) is 22.7 Å². The Labute approximate surface area is 359 Å². The number of rotatable bonds is 11. The second kappa shape index (κ2) is 16.6. The molecule has 6 rings (SSSR count). The lowest BCUT2D eigenvalue weighted by Gasteiger charge is -2.67. The summed E-state index contributed by atoms with van der Waals surface area (Å²) in [6.07, 6.45) is -12.3. The number of carbonyl (C=O) groups is 7. The number of amides is 1. The molecule has 3 aliphatic carbocycles. The van der Waals surface area contributed by atoms with Crippen LogP contribution in [0.2, 0.25) is 0 Å². The fraction of sp³-hybridized carbons (Fsp3) is 0.659. The summed E-state index contributed by atoms with van der Waals surface area (Å²) < 4.78 is 54.2. The van der Waals surface area contributed by atoms with E-state index in [0.29, 0.717) is 0 Å². The summed E-state index contributed by atoms with van der Waals surface area (Å²) in [4.78, 5) is 97.8. The van der Waals surface area contributed by atoms with Gasteiger partial charge in [-0.15, -0.1) is 0 Å². The second-order valence-electron chi connectivity index (χ2n) is 18.8. The Morgan fingerprint density at radius 3 is 2.18 bits per heavy atom. The third kappa shape index (κ3) is 7.82. The number of ketones is 1. The third-order valence-corrected chi connectivity index (χ3v) is 12.6. The molecule has 2 saturated carbocycles. The topological polar surface area (TPSA) is 235 Å². The van der Waals surface area contributed by atoms with Crippen LogP contribution in [0.25, 0.3) is 0 Å². The van der Waals surface area contributed by atoms with Gasteiger partial charge >= 0.3 is 36.1 Å². The number of aliphatic hydroxyl groups excluding tert-OH is 1. The third-order valence-electron chi connectivity index (χ3n) is 12.6. The van der Waals surface area contributed by atoms with Crippen molar-refractivity contribution < 1.29 is 81.3 Å². The lowest BCUT2D eigenvalue weighted by Crippen LogP contribution is -2.83. The van der Waals surface area contributed by atoms with Gasteiger partial charge in [-0.05, 0) is 63.8 Å². The van der Waals surface area contributed by atoms with Gasteiger partial charge in [0.05, 0.1) is 36.2 Å². The fourth-order valence-corrected chi connectivity index (χ4v) is 10.0. The number of Topliss-reactive ketones (excluding diaryl/α,β-unsaturated/α-hetero) is 1. The van der Waals surface area contributed by atoms with Crippen LogP contribution in [0.5, 0.6) is 0 Å². The molecule has 4 fully saturated rings. The number of alkyl carbamates (subject to hydrolysis) is 1. The summed E-state index contributed by atoms with van der Waals surface area (Å²) in [7, 11) is 0. The Morgan fingerprint density at radius 2 is 1.61 bits per heavy atom. The van der Waals surface area contributed by atoms with Crippen LogP contribution in [-0.2, 0) is 61.8 Å². The van der Waals surface area contributed by atoms with Crippen molar-refractivity contribution in [1.82, 2.24) is 5.32 Å². The van der Waals surface area contributed by atoms with Crippen LogP contribution >= 0.6 is 0 Å². The number of fused-ring (bicyclic) bond motifs is 4. The molecule has 1 aromatic carbocycles. The van der Waals surface area contributed by atoms with Gasteiger partial charge in [0.25, 0.3) is 0 Å². The predicted molar refractivity (Wildman–Crippen MR) is 212 cm³/mol. The first kappa shape index (κ1) is 46.4. The maximum atomic E-state index is 15.6. The monoisotopic (exact) mass is 871 g/mol. The lowest BCUT2D eigenvalue weighted by molar-refractivity contribution is -0.345. The van der Waals surface area contributed by atoms with E-state index < -0.39 is 118 Å². The number of nitrogens with one attached hydrogen (secondary N) is 1. The van der Waals surface area contributed by atoms with Gasteiger partial charge in [0.2, 0.25) is 5.60 Å². The van der Waals surface area contributed by atoms with Crippen molar-refractivity contribution in [3.8, 4) is 0 Å². The number of esters is 4. The zero-order valence-corrected chi connectivity index (χ0v) is 36.9. The van der Waals surface area contributed by atoms with E-state index in [1.54, 1.807) is 52.8 Å². The Morgan fingerprint density at radius 1 is 0.952 bits per heavy atom. The van der Waals surface area contributed by atoms with Crippen LogP contribution in [-0.4, -0.2) is 126 Å². The van der Waals surface area contributed by atoms with Crippen molar-refractivity contribution in [1.29, 1.82) is 0 Å². The second-order valence-corrected chi connectivity index (χ2v) is 18.8. The van der Waals surface area contributed by atoms with E-state index >= 15 is 4.79 Å². The van der Waals surface area contributed by atoms with E-state index in [1.165, 1.54) is 26.0 Å². The highest BCUT2D eigenvalue weighted by atomic mass is 16.8. The molecular weight excluding hydrogens is 814 g/mol. The SMILES string of the molecule is CC(=O)O[C@H]1C(=O)[C@@]2(C)[C@H]([C@H](OC(=O)c3ccccc3)[C@]34OC(=O)O[C@H]3[C@H](OC(=O)[C@H](COCC(C)C)NC(=O)OC(C)(C)C)C(C)=C1C4(C)C)[C@]1(OC(C)=O)CO[C@@H]1C[C@@H]2O. The fourth-order valence-electron chi connectivity index (χ4n) is 10.0. The number of hydrogen-bond acceptors (Lipinski definition) is 17. The summed E-state index contributed by atoms with van der Waals surface area (Å²) in [6.45, 7) is 16.3.